The van der Waals surface area contributed by atoms with Crippen molar-refractivity contribution in [3.05, 3.63) is 0 Å². The minimum Gasteiger partial charge on any atom is -0.481 e. The largest absolute Gasteiger partial charge is 0.481 e. The van der Waals surface area contributed by atoms with E-state index in [-0.39, 0.29) is 18.4 Å². The molecule has 0 bridgehead atoms. The van der Waals surface area contributed by atoms with Gasteiger partial charge in [-0.05, 0) is 31.6 Å². The molecule has 1 unspecified atom stereocenters. The molecule has 0 aromatic heterocycles. The molecule has 1 aliphatic rings. The van der Waals surface area contributed by atoms with Gasteiger partial charge >= 0.3 is 5.97 Å². The molecular weight excluding hydrogens is 222 g/mol. The summed E-state index contributed by atoms with van der Waals surface area (Å²) in [6, 6.07) is 0. The smallest absolute Gasteiger partial charge is 0.303 e. The SMILES string of the molecule is CC(CCNC(=O)[C@H]1CCCO1)CCC(=O)O. The van der Waals surface area contributed by atoms with Gasteiger partial charge in [0.1, 0.15) is 6.10 Å². The lowest BCUT2D eigenvalue weighted by atomic mass is 10.0. The van der Waals surface area contributed by atoms with Crippen LogP contribution in [0.2, 0.25) is 0 Å². The molecule has 0 radical (unpaired) electrons. The molecule has 1 saturated heterocycles. The number of carbonyl (C=O) groups excluding carboxylic acids is 1. The van der Waals surface area contributed by atoms with E-state index < -0.39 is 5.97 Å². The van der Waals surface area contributed by atoms with Crippen LogP contribution in [0.3, 0.4) is 0 Å². The van der Waals surface area contributed by atoms with Crippen LogP contribution in [-0.2, 0) is 14.3 Å². The second-order valence-corrected chi connectivity index (χ2v) is 4.62. The van der Waals surface area contributed by atoms with Gasteiger partial charge < -0.3 is 15.2 Å². The predicted molar refractivity (Wildman–Crippen MR) is 62.6 cm³/mol. The predicted octanol–water partition coefficient (Wildman–Crippen LogP) is 1.17. The number of hydrogen-bond donors (Lipinski definition) is 2. The first-order valence-corrected chi connectivity index (χ1v) is 6.20. The molecule has 2 atom stereocenters. The Balaban J connectivity index is 2.06. The summed E-state index contributed by atoms with van der Waals surface area (Å²) < 4.78 is 5.26. The van der Waals surface area contributed by atoms with Crippen molar-refractivity contribution in [3.8, 4) is 0 Å². The number of aliphatic carboxylic acids is 1. The number of ether oxygens (including phenoxy) is 1. The summed E-state index contributed by atoms with van der Waals surface area (Å²) in [6.07, 6.45) is 3.15. The van der Waals surface area contributed by atoms with Gasteiger partial charge in [-0.25, -0.2) is 0 Å². The number of carboxylic acid groups (broad SMARTS) is 1. The third kappa shape index (κ3) is 5.68. The Morgan fingerprint density at radius 1 is 1.47 bits per heavy atom. The molecule has 1 amide bonds. The highest BCUT2D eigenvalue weighted by molar-refractivity contribution is 5.80. The molecule has 5 nitrogen and oxygen atoms in total. The van der Waals surface area contributed by atoms with Crippen molar-refractivity contribution in [2.24, 2.45) is 5.92 Å². The summed E-state index contributed by atoms with van der Waals surface area (Å²) in [7, 11) is 0. The zero-order valence-corrected chi connectivity index (χ0v) is 10.3. The Bertz CT molecular complexity index is 261. The fraction of sp³-hybridized carbons (Fsp3) is 0.833. The third-order valence-electron chi connectivity index (χ3n) is 3.01. The zero-order valence-electron chi connectivity index (χ0n) is 10.3. The van der Waals surface area contributed by atoms with Crippen molar-refractivity contribution in [2.75, 3.05) is 13.2 Å². The minimum absolute atomic E-state index is 0.0343. The number of carboxylic acids is 1. The van der Waals surface area contributed by atoms with Crippen molar-refractivity contribution in [1.82, 2.24) is 5.32 Å². The fourth-order valence-electron chi connectivity index (χ4n) is 1.85. The van der Waals surface area contributed by atoms with Gasteiger partial charge in [0.2, 0.25) is 5.91 Å². The van der Waals surface area contributed by atoms with Crippen molar-refractivity contribution < 1.29 is 19.4 Å². The molecule has 0 aromatic carbocycles. The molecule has 1 heterocycles. The van der Waals surface area contributed by atoms with Crippen LogP contribution < -0.4 is 5.32 Å². The van der Waals surface area contributed by atoms with E-state index in [0.29, 0.717) is 25.5 Å². The van der Waals surface area contributed by atoms with E-state index in [4.69, 9.17) is 9.84 Å². The molecule has 2 N–H and O–H groups in total. The van der Waals surface area contributed by atoms with Gasteiger partial charge in [-0.1, -0.05) is 6.92 Å². The van der Waals surface area contributed by atoms with Gasteiger partial charge in [0, 0.05) is 19.6 Å². The maximum Gasteiger partial charge on any atom is 0.303 e. The van der Waals surface area contributed by atoms with Gasteiger partial charge in [0.25, 0.3) is 0 Å². The summed E-state index contributed by atoms with van der Waals surface area (Å²) in [5, 5.41) is 11.4. The van der Waals surface area contributed by atoms with Crippen molar-refractivity contribution in [3.63, 3.8) is 0 Å². The molecule has 1 fully saturated rings. The third-order valence-corrected chi connectivity index (χ3v) is 3.01. The Labute approximate surface area is 102 Å². The van der Waals surface area contributed by atoms with Crippen LogP contribution in [-0.4, -0.2) is 36.2 Å². The number of hydrogen-bond acceptors (Lipinski definition) is 3. The molecule has 1 aliphatic heterocycles. The van der Waals surface area contributed by atoms with Gasteiger partial charge in [-0.3, -0.25) is 9.59 Å². The molecule has 0 spiro atoms. The summed E-state index contributed by atoms with van der Waals surface area (Å²) in [4.78, 5) is 21.9. The Hall–Kier alpha value is -1.10. The standard InChI is InChI=1S/C12H21NO4/c1-9(4-5-11(14)15)6-7-13-12(16)10-3-2-8-17-10/h9-10H,2-8H2,1H3,(H,13,16)(H,14,15)/t9?,10-/m1/s1. The van der Waals surface area contributed by atoms with Crippen molar-refractivity contribution in [1.29, 1.82) is 0 Å². The van der Waals surface area contributed by atoms with E-state index in [1.807, 2.05) is 6.92 Å². The molecule has 98 valence electrons. The van der Waals surface area contributed by atoms with Gasteiger partial charge in [0.15, 0.2) is 0 Å². The Kier molecular flexibility index (Phi) is 5.97. The Morgan fingerprint density at radius 3 is 2.82 bits per heavy atom. The number of amides is 1. The first-order chi connectivity index (χ1) is 8.09. The zero-order chi connectivity index (χ0) is 12.7. The van der Waals surface area contributed by atoms with Crippen LogP contribution in [0.15, 0.2) is 0 Å². The lowest BCUT2D eigenvalue weighted by molar-refractivity contribution is -0.137. The van der Waals surface area contributed by atoms with Crippen LogP contribution in [0.4, 0.5) is 0 Å². The fourth-order valence-corrected chi connectivity index (χ4v) is 1.85. The van der Waals surface area contributed by atoms with Crippen molar-refractivity contribution >= 4 is 11.9 Å². The summed E-state index contributed by atoms with van der Waals surface area (Å²) >= 11 is 0. The quantitative estimate of drug-likeness (QED) is 0.704. The monoisotopic (exact) mass is 243 g/mol. The molecule has 0 aliphatic carbocycles. The molecule has 5 heteroatoms. The number of rotatable bonds is 7. The Morgan fingerprint density at radius 2 is 2.24 bits per heavy atom. The lowest BCUT2D eigenvalue weighted by Gasteiger charge is -2.13. The average Bonchev–Trinajstić information content (AvgIpc) is 2.79. The molecule has 0 aromatic rings. The van der Waals surface area contributed by atoms with E-state index in [2.05, 4.69) is 5.32 Å². The van der Waals surface area contributed by atoms with Crippen LogP contribution >= 0.6 is 0 Å². The van der Waals surface area contributed by atoms with E-state index in [9.17, 15) is 9.59 Å². The highest BCUT2D eigenvalue weighted by atomic mass is 16.5. The number of nitrogens with one attached hydrogen (secondary N) is 1. The van der Waals surface area contributed by atoms with Crippen LogP contribution in [0.1, 0.15) is 39.0 Å². The normalized spacial score (nSPS) is 21.1. The minimum atomic E-state index is -0.764. The van der Waals surface area contributed by atoms with E-state index >= 15 is 0 Å². The van der Waals surface area contributed by atoms with Crippen LogP contribution in [0.5, 0.6) is 0 Å². The highest BCUT2D eigenvalue weighted by Crippen LogP contribution is 2.12. The second kappa shape index (κ2) is 7.27. The molecule has 0 saturated carbocycles. The topological polar surface area (TPSA) is 75.6 Å². The number of carbonyl (C=O) groups is 2. The van der Waals surface area contributed by atoms with Gasteiger partial charge in [-0.15, -0.1) is 0 Å². The van der Waals surface area contributed by atoms with Gasteiger partial charge in [0.05, 0.1) is 0 Å². The summed E-state index contributed by atoms with van der Waals surface area (Å²) in [5.41, 5.74) is 0. The summed E-state index contributed by atoms with van der Waals surface area (Å²) in [5.74, 6) is -0.482. The first kappa shape index (κ1) is 14.0. The lowest BCUT2D eigenvalue weighted by Crippen LogP contribution is -2.35. The molecular formula is C12H21NO4. The second-order valence-electron chi connectivity index (χ2n) is 4.62. The maximum atomic E-state index is 11.6. The maximum absolute atomic E-state index is 11.6. The van der Waals surface area contributed by atoms with Crippen LogP contribution in [0, 0.1) is 5.92 Å². The average molecular weight is 243 g/mol. The molecule has 17 heavy (non-hydrogen) atoms. The van der Waals surface area contributed by atoms with Gasteiger partial charge in [-0.2, -0.15) is 0 Å². The first-order valence-electron chi connectivity index (χ1n) is 6.20. The van der Waals surface area contributed by atoms with Crippen LogP contribution in [0.25, 0.3) is 0 Å². The van der Waals surface area contributed by atoms with Crippen molar-refractivity contribution in [2.45, 2.75) is 45.1 Å². The molecule has 1 rings (SSSR count). The summed E-state index contributed by atoms with van der Waals surface area (Å²) in [6.45, 7) is 3.27. The van der Waals surface area contributed by atoms with E-state index in [1.165, 1.54) is 0 Å². The van der Waals surface area contributed by atoms with E-state index in [1.54, 1.807) is 0 Å². The van der Waals surface area contributed by atoms with E-state index in [0.717, 1.165) is 19.3 Å². The highest BCUT2D eigenvalue weighted by Gasteiger charge is 2.22.